The molecule has 0 spiro atoms. The molecule has 0 radical (unpaired) electrons. The molecule has 1 unspecified atom stereocenters. The summed E-state index contributed by atoms with van der Waals surface area (Å²) in [6, 6.07) is 20.4. The summed E-state index contributed by atoms with van der Waals surface area (Å²) in [4.78, 5) is 4.82. The average molecular weight is 321 g/mol. The smallest absolute Gasteiger partial charge is 0.199 e. The first-order valence-corrected chi connectivity index (χ1v) is 8.19. The van der Waals surface area contributed by atoms with Gasteiger partial charge in [-0.1, -0.05) is 67.6 Å². The van der Waals surface area contributed by atoms with E-state index in [1.54, 1.807) is 0 Å². The number of benzene rings is 2. The second kappa shape index (κ2) is 7.43. The van der Waals surface area contributed by atoms with Crippen molar-refractivity contribution < 1.29 is 4.42 Å². The van der Waals surface area contributed by atoms with Gasteiger partial charge >= 0.3 is 0 Å². The Labute approximate surface area is 143 Å². The molecule has 0 saturated heterocycles. The average Bonchev–Trinajstić information content (AvgIpc) is 3.08. The molecule has 124 valence electrons. The topological polar surface area (TPSA) is 41.3 Å². The molecule has 1 atom stereocenters. The van der Waals surface area contributed by atoms with Crippen LogP contribution in [0.1, 0.15) is 18.7 Å². The second-order valence-corrected chi connectivity index (χ2v) is 5.97. The van der Waals surface area contributed by atoms with E-state index in [-0.39, 0.29) is 5.92 Å². The third-order valence-corrected chi connectivity index (χ3v) is 4.08. The first-order valence-electron chi connectivity index (χ1n) is 8.19. The summed E-state index contributed by atoms with van der Waals surface area (Å²) in [5.41, 5.74) is 6.13. The van der Waals surface area contributed by atoms with Gasteiger partial charge in [-0.2, -0.15) is 0 Å². The number of hydrogen-bond acceptors (Lipinski definition) is 4. The fourth-order valence-electron chi connectivity index (χ4n) is 2.70. The third kappa shape index (κ3) is 3.55. The van der Waals surface area contributed by atoms with Crippen LogP contribution >= 0.6 is 0 Å². The Kier molecular flexibility index (Phi) is 5.08. The van der Waals surface area contributed by atoms with Crippen LogP contribution < -0.4 is 5.43 Å². The van der Waals surface area contributed by atoms with Gasteiger partial charge in [0.2, 0.25) is 0 Å². The van der Waals surface area contributed by atoms with E-state index >= 15 is 0 Å². The molecule has 0 fully saturated rings. The lowest BCUT2D eigenvalue weighted by Crippen LogP contribution is -2.33. The van der Waals surface area contributed by atoms with E-state index in [1.165, 1.54) is 0 Å². The lowest BCUT2D eigenvalue weighted by molar-refractivity contribution is 0.236. The molecular weight excluding hydrogens is 298 g/mol. The Morgan fingerprint density at radius 2 is 1.58 bits per heavy atom. The number of nitrogens with zero attached hydrogens (tertiary/aromatic N) is 2. The molecule has 0 saturated carbocycles. The molecule has 0 aliphatic heterocycles. The van der Waals surface area contributed by atoms with Crippen molar-refractivity contribution in [2.75, 3.05) is 20.6 Å². The van der Waals surface area contributed by atoms with Crippen molar-refractivity contribution >= 4 is 0 Å². The molecule has 4 heteroatoms. The fourth-order valence-corrected chi connectivity index (χ4v) is 2.70. The number of hydrogen-bond donors (Lipinski definition) is 1. The maximum atomic E-state index is 6.20. The molecule has 1 heterocycles. The molecule has 24 heavy (non-hydrogen) atoms. The second-order valence-electron chi connectivity index (χ2n) is 5.97. The van der Waals surface area contributed by atoms with Crippen molar-refractivity contribution in [3.63, 3.8) is 0 Å². The van der Waals surface area contributed by atoms with Crippen LogP contribution in [0.5, 0.6) is 0 Å². The normalized spacial score (nSPS) is 12.5. The Morgan fingerprint density at radius 3 is 2.17 bits per heavy atom. The molecule has 1 N–H and O–H groups in total. The highest BCUT2D eigenvalue weighted by atomic mass is 16.4. The summed E-state index contributed by atoms with van der Waals surface area (Å²) < 4.78 is 6.20. The molecule has 0 amide bonds. The maximum absolute atomic E-state index is 6.20. The summed E-state index contributed by atoms with van der Waals surface area (Å²) in [6.07, 6.45) is 0. The largest absolute Gasteiger partial charge is 0.440 e. The molecule has 1 aromatic heterocycles. The van der Waals surface area contributed by atoms with Crippen LogP contribution in [0.2, 0.25) is 0 Å². The molecule has 3 aromatic rings. The number of rotatable bonds is 6. The number of hydrazine groups is 1. The van der Waals surface area contributed by atoms with Crippen molar-refractivity contribution in [2.45, 2.75) is 12.8 Å². The van der Waals surface area contributed by atoms with Gasteiger partial charge in [-0.15, -0.1) is 0 Å². The van der Waals surface area contributed by atoms with Gasteiger partial charge in [0.25, 0.3) is 0 Å². The zero-order chi connectivity index (χ0) is 16.9. The van der Waals surface area contributed by atoms with E-state index in [0.717, 1.165) is 35.0 Å². The molecule has 2 aromatic carbocycles. The van der Waals surface area contributed by atoms with Crippen LogP contribution in [0.15, 0.2) is 65.1 Å². The Hall–Kier alpha value is -2.43. The van der Waals surface area contributed by atoms with Crippen LogP contribution in [-0.4, -0.2) is 30.6 Å². The quantitative estimate of drug-likeness (QED) is 0.692. The Bertz CT molecular complexity index is 711. The van der Waals surface area contributed by atoms with Gasteiger partial charge in [0.15, 0.2) is 11.7 Å². The van der Waals surface area contributed by atoms with Gasteiger partial charge in [0, 0.05) is 30.6 Å². The first kappa shape index (κ1) is 16.4. The third-order valence-electron chi connectivity index (χ3n) is 4.08. The zero-order valence-electron chi connectivity index (χ0n) is 14.4. The first-order chi connectivity index (χ1) is 11.7. The highest BCUT2D eigenvalue weighted by Gasteiger charge is 2.21. The number of likely N-dealkylation sites (N-methyl/N-ethyl adjacent to an activating group) is 1. The molecular formula is C20H23N3O. The minimum atomic E-state index is 0.183. The van der Waals surface area contributed by atoms with E-state index in [1.807, 2.05) is 55.5 Å². The lowest BCUT2D eigenvalue weighted by atomic mass is 10.1. The number of nitrogens with one attached hydrogen (secondary N) is 1. The summed E-state index contributed by atoms with van der Waals surface area (Å²) >= 11 is 0. The van der Waals surface area contributed by atoms with E-state index in [9.17, 15) is 0 Å². The van der Waals surface area contributed by atoms with E-state index in [2.05, 4.69) is 36.6 Å². The van der Waals surface area contributed by atoms with Gasteiger partial charge in [-0.25, -0.2) is 9.99 Å². The van der Waals surface area contributed by atoms with Crippen molar-refractivity contribution in [1.29, 1.82) is 0 Å². The highest BCUT2D eigenvalue weighted by Crippen LogP contribution is 2.34. The van der Waals surface area contributed by atoms with E-state index in [0.29, 0.717) is 0 Å². The molecule has 0 aliphatic rings. The van der Waals surface area contributed by atoms with Gasteiger partial charge in [-0.3, -0.25) is 5.43 Å². The summed E-state index contributed by atoms with van der Waals surface area (Å²) in [5.74, 6) is 1.77. The van der Waals surface area contributed by atoms with Crippen LogP contribution in [0, 0.1) is 0 Å². The van der Waals surface area contributed by atoms with E-state index in [4.69, 9.17) is 9.40 Å². The molecule has 0 aliphatic carbocycles. The standard InChI is InChI=1S/C20H23N3O/c1-15(14-23(3)21-2)20-22-18(16-10-6-4-7-11-16)19(24-20)17-12-8-5-9-13-17/h4-13,15,21H,14H2,1-3H3. The minimum absolute atomic E-state index is 0.183. The van der Waals surface area contributed by atoms with Gasteiger partial charge < -0.3 is 4.42 Å². The highest BCUT2D eigenvalue weighted by molar-refractivity contribution is 5.76. The van der Waals surface area contributed by atoms with Crippen LogP contribution in [0.25, 0.3) is 22.6 Å². The monoisotopic (exact) mass is 321 g/mol. The van der Waals surface area contributed by atoms with E-state index < -0.39 is 0 Å². The summed E-state index contributed by atoms with van der Waals surface area (Å²) in [7, 11) is 3.92. The SMILES string of the molecule is CNN(C)CC(C)c1nc(-c2ccccc2)c(-c2ccccc2)o1. The van der Waals surface area contributed by atoms with Crippen LogP contribution in [0.3, 0.4) is 0 Å². The minimum Gasteiger partial charge on any atom is -0.440 e. The van der Waals surface area contributed by atoms with Gasteiger partial charge in [0.1, 0.15) is 5.69 Å². The van der Waals surface area contributed by atoms with Crippen molar-refractivity contribution in [1.82, 2.24) is 15.4 Å². The summed E-state index contributed by atoms with van der Waals surface area (Å²) in [5, 5.41) is 2.03. The summed E-state index contributed by atoms with van der Waals surface area (Å²) in [6.45, 7) is 2.95. The van der Waals surface area contributed by atoms with Crippen molar-refractivity contribution in [2.24, 2.45) is 0 Å². The molecule has 3 rings (SSSR count). The van der Waals surface area contributed by atoms with Gasteiger partial charge in [-0.05, 0) is 7.05 Å². The predicted octanol–water partition coefficient (Wildman–Crippen LogP) is 4.18. The Morgan fingerprint density at radius 1 is 1.00 bits per heavy atom. The number of aromatic nitrogens is 1. The zero-order valence-corrected chi connectivity index (χ0v) is 14.4. The molecule has 4 nitrogen and oxygen atoms in total. The fraction of sp³-hybridized carbons (Fsp3) is 0.250. The predicted molar refractivity (Wildman–Crippen MR) is 97.5 cm³/mol. The van der Waals surface area contributed by atoms with Crippen molar-refractivity contribution in [3.05, 3.63) is 66.6 Å². The Balaban J connectivity index is 2.03. The lowest BCUT2D eigenvalue weighted by Gasteiger charge is -2.17. The number of oxazole rings is 1. The maximum Gasteiger partial charge on any atom is 0.199 e. The van der Waals surface area contributed by atoms with Gasteiger partial charge in [0.05, 0.1) is 0 Å². The van der Waals surface area contributed by atoms with Crippen LogP contribution in [0.4, 0.5) is 0 Å². The van der Waals surface area contributed by atoms with Crippen LogP contribution in [-0.2, 0) is 0 Å². The van der Waals surface area contributed by atoms with Crippen molar-refractivity contribution in [3.8, 4) is 22.6 Å². The molecule has 0 bridgehead atoms.